The zero-order chi connectivity index (χ0) is 17.6. The van der Waals surface area contributed by atoms with E-state index in [1.165, 1.54) is 0 Å². The second-order valence-corrected chi connectivity index (χ2v) is 6.82. The van der Waals surface area contributed by atoms with Crippen LogP contribution in [0, 0.1) is 11.8 Å². The number of fused-ring (bicyclic) bond motifs is 1. The summed E-state index contributed by atoms with van der Waals surface area (Å²) >= 11 is 0. The fourth-order valence-electron chi connectivity index (χ4n) is 4.02. The van der Waals surface area contributed by atoms with Crippen LogP contribution in [0.3, 0.4) is 0 Å². The Labute approximate surface area is 141 Å². The van der Waals surface area contributed by atoms with Crippen LogP contribution in [-0.2, 0) is 12.7 Å². The van der Waals surface area contributed by atoms with Crippen molar-refractivity contribution in [3.8, 4) is 0 Å². The van der Waals surface area contributed by atoms with Gasteiger partial charge in [0.1, 0.15) is 0 Å². The summed E-state index contributed by atoms with van der Waals surface area (Å²) in [4.78, 5) is 5.44. The van der Waals surface area contributed by atoms with E-state index >= 15 is 0 Å². The third kappa shape index (κ3) is 3.28. The van der Waals surface area contributed by atoms with E-state index in [1.54, 1.807) is 10.9 Å². The summed E-state index contributed by atoms with van der Waals surface area (Å²) in [6.07, 6.45) is -0.0837. The van der Waals surface area contributed by atoms with Crippen molar-refractivity contribution in [2.45, 2.75) is 37.7 Å². The second kappa shape index (κ2) is 6.10. The van der Waals surface area contributed by atoms with Crippen molar-refractivity contribution in [3.63, 3.8) is 0 Å². The molecular formula is C15H18F3N5O2. The summed E-state index contributed by atoms with van der Waals surface area (Å²) in [6, 6.07) is 1.77. The van der Waals surface area contributed by atoms with E-state index in [2.05, 4.69) is 15.2 Å². The third-order valence-electron chi connectivity index (χ3n) is 5.13. The minimum atomic E-state index is -4.60. The van der Waals surface area contributed by atoms with Gasteiger partial charge in [-0.15, -0.1) is 0 Å². The number of rotatable bonds is 3. The van der Waals surface area contributed by atoms with Gasteiger partial charge in [0.25, 0.3) is 5.82 Å². The van der Waals surface area contributed by atoms with E-state index < -0.39 is 18.1 Å². The largest absolute Gasteiger partial charge is 0.455 e. The van der Waals surface area contributed by atoms with Crippen LogP contribution in [0.15, 0.2) is 23.0 Å². The average molecular weight is 357 g/mol. The van der Waals surface area contributed by atoms with E-state index in [4.69, 9.17) is 4.52 Å². The lowest BCUT2D eigenvalue weighted by atomic mass is 9.77. The van der Waals surface area contributed by atoms with Gasteiger partial charge in [-0.3, -0.25) is 9.58 Å². The predicted molar refractivity (Wildman–Crippen MR) is 78.1 cm³/mol. The summed E-state index contributed by atoms with van der Waals surface area (Å²) in [7, 11) is 0. The van der Waals surface area contributed by atoms with Crippen molar-refractivity contribution in [3.05, 3.63) is 30.2 Å². The van der Waals surface area contributed by atoms with Crippen LogP contribution in [0.5, 0.6) is 0 Å². The van der Waals surface area contributed by atoms with Gasteiger partial charge in [0, 0.05) is 25.5 Å². The molecule has 0 bridgehead atoms. The smallest absolute Gasteiger partial charge is 0.391 e. The lowest BCUT2D eigenvalue weighted by Crippen LogP contribution is -2.36. The molecular weight excluding hydrogens is 339 g/mol. The zero-order valence-electron chi connectivity index (χ0n) is 13.3. The van der Waals surface area contributed by atoms with Crippen LogP contribution < -0.4 is 0 Å². The first-order valence-electron chi connectivity index (χ1n) is 8.19. The molecule has 2 aromatic heterocycles. The van der Waals surface area contributed by atoms with Crippen LogP contribution >= 0.6 is 0 Å². The Balaban J connectivity index is 1.40. The van der Waals surface area contributed by atoms with E-state index in [1.807, 2.05) is 17.2 Å². The monoisotopic (exact) mass is 357 g/mol. The average Bonchev–Trinajstić information content (AvgIpc) is 3.24. The van der Waals surface area contributed by atoms with Gasteiger partial charge in [0.05, 0.1) is 18.7 Å². The van der Waals surface area contributed by atoms with Crippen molar-refractivity contribution in [2.75, 3.05) is 13.1 Å². The summed E-state index contributed by atoms with van der Waals surface area (Å²) in [5, 5.41) is 17.6. The molecule has 4 rings (SSSR count). The number of alkyl halides is 3. The first-order chi connectivity index (χ1) is 11.9. The minimum Gasteiger partial charge on any atom is -0.391 e. The summed E-state index contributed by atoms with van der Waals surface area (Å²) in [6.45, 7) is 1.63. The molecule has 1 saturated heterocycles. The van der Waals surface area contributed by atoms with Gasteiger partial charge in [-0.1, -0.05) is 5.16 Å². The Kier molecular flexibility index (Phi) is 4.03. The molecule has 0 radical (unpaired) electrons. The van der Waals surface area contributed by atoms with Gasteiger partial charge in [-0.05, 0) is 30.7 Å². The van der Waals surface area contributed by atoms with Crippen LogP contribution in [0.25, 0.3) is 0 Å². The Hall–Kier alpha value is -1.94. The highest BCUT2D eigenvalue weighted by Gasteiger charge is 2.43. The van der Waals surface area contributed by atoms with E-state index in [0.717, 1.165) is 13.0 Å². The standard InChI is InChI=1S/C15H18F3N5O2/c16-15(17,18)14-20-13(25-21-14)8-22-6-9-4-11(23-3-1-2-19-23)12(24)5-10(9)7-22/h1-3,9-12,24H,4-8H2/t9-,10+,11-,12-/m1/s1. The lowest BCUT2D eigenvalue weighted by Gasteiger charge is -2.35. The SMILES string of the molecule is O[C@@H]1C[C@H]2CN(Cc3nc(C(F)(F)F)no3)C[C@H]2C[C@H]1n1cccn1. The molecule has 3 heterocycles. The summed E-state index contributed by atoms with van der Waals surface area (Å²) in [5.74, 6) is -0.599. The highest BCUT2D eigenvalue weighted by molar-refractivity contribution is 4.98. The zero-order valence-corrected chi connectivity index (χ0v) is 13.3. The number of hydrogen-bond donors (Lipinski definition) is 1. The van der Waals surface area contributed by atoms with Gasteiger partial charge >= 0.3 is 6.18 Å². The molecule has 2 fully saturated rings. The number of hydrogen-bond acceptors (Lipinski definition) is 6. The second-order valence-electron chi connectivity index (χ2n) is 6.82. The third-order valence-corrected chi connectivity index (χ3v) is 5.13. The molecule has 2 aromatic rings. The molecule has 0 unspecified atom stereocenters. The van der Waals surface area contributed by atoms with E-state index in [-0.39, 0.29) is 18.5 Å². The van der Waals surface area contributed by atoms with Crippen LogP contribution in [0.2, 0.25) is 0 Å². The molecule has 10 heteroatoms. The van der Waals surface area contributed by atoms with Gasteiger partial charge in [-0.25, -0.2) is 0 Å². The maximum absolute atomic E-state index is 12.5. The summed E-state index contributed by atoms with van der Waals surface area (Å²) < 4.78 is 44.1. The first kappa shape index (κ1) is 16.5. The molecule has 1 N–H and O–H groups in total. The van der Waals surface area contributed by atoms with Crippen molar-refractivity contribution < 1.29 is 22.8 Å². The Morgan fingerprint density at radius 3 is 2.64 bits per heavy atom. The number of aliphatic hydroxyl groups is 1. The van der Waals surface area contributed by atoms with Crippen LogP contribution in [-0.4, -0.2) is 49.1 Å². The van der Waals surface area contributed by atoms with Crippen molar-refractivity contribution in [2.24, 2.45) is 11.8 Å². The molecule has 1 aliphatic carbocycles. The van der Waals surface area contributed by atoms with Gasteiger partial charge < -0.3 is 9.63 Å². The molecule has 7 nitrogen and oxygen atoms in total. The fraction of sp³-hybridized carbons (Fsp3) is 0.667. The van der Waals surface area contributed by atoms with Crippen LogP contribution in [0.4, 0.5) is 13.2 Å². The molecule has 0 amide bonds. The number of aromatic nitrogens is 4. The highest BCUT2D eigenvalue weighted by Crippen LogP contribution is 2.41. The number of halogens is 3. The molecule has 1 aliphatic heterocycles. The predicted octanol–water partition coefficient (Wildman–Crippen LogP) is 1.73. The van der Waals surface area contributed by atoms with E-state index in [0.29, 0.717) is 24.8 Å². The molecule has 0 spiro atoms. The Morgan fingerprint density at radius 2 is 2.00 bits per heavy atom. The first-order valence-corrected chi connectivity index (χ1v) is 8.19. The minimum absolute atomic E-state index is 0.0323. The lowest BCUT2D eigenvalue weighted by molar-refractivity contribution is -0.146. The van der Waals surface area contributed by atoms with Crippen LogP contribution in [0.1, 0.15) is 30.6 Å². The highest BCUT2D eigenvalue weighted by atomic mass is 19.4. The summed E-state index contributed by atoms with van der Waals surface area (Å²) in [5.41, 5.74) is 0. The van der Waals surface area contributed by atoms with Gasteiger partial charge in [0.15, 0.2) is 0 Å². The van der Waals surface area contributed by atoms with Crippen molar-refractivity contribution in [1.29, 1.82) is 0 Å². The molecule has 25 heavy (non-hydrogen) atoms. The quantitative estimate of drug-likeness (QED) is 0.901. The fourth-order valence-corrected chi connectivity index (χ4v) is 4.02. The van der Waals surface area contributed by atoms with Crippen molar-refractivity contribution >= 4 is 0 Å². The Morgan fingerprint density at radius 1 is 1.24 bits per heavy atom. The molecule has 2 aliphatic rings. The molecule has 4 atom stereocenters. The maximum atomic E-state index is 12.5. The van der Waals surface area contributed by atoms with E-state index in [9.17, 15) is 18.3 Å². The number of aliphatic hydroxyl groups excluding tert-OH is 1. The number of nitrogens with zero attached hydrogens (tertiary/aromatic N) is 5. The number of likely N-dealkylation sites (tertiary alicyclic amines) is 1. The maximum Gasteiger partial charge on any atom is 0.455 e. The molecule has 1 saturated carbocycles. The van der Waals surface area contributed by atoms with Crippen molar-refractivity contribution in [1.82, 2.24) is 24.8 Å². The topological polar surface area (TPSA) is 80.2 Å². The normalized spacial score (nSPS) is 30.6. The molecule has 136 valence electrons. The van der Waals surface area contributed by atoms with Gasteiger partial charge in [0.2, 0.25) is 5.89 Å². The molecule has 0 aromatic carbocycles. The van der Waals surface area contributed by atoms with Gasteiger partial charge in [-0.2, -0.15) is 23.3 Å². The Bertz CT molecular complexity index is 717.